The number of phenolic OH excluding ortho intramolecular Hbond substituents is 2. The molecule has 6 N–H and O–H groups in total. The summed E-state index contributed by atoms with van der Waals surface area (Å²) in [5, 5.41) is 50.1. The lowest BCUT2D eigenvalue weighted by Gasteiger charge is -2.16. The van der Waals surface area contributed by atoms with Crippen LogP contribution in [0.15, 0.2) is 121 Å². The van der Waals surface area contributed by atoms with Crippen molar-refractivity contribution in [3.63, 3.8) is 0 Å². The highest BCUT2D eigenvalue weighted by Gasteiger charge is 2.20. The van der Waals surface area contributed by atoms with E-state index in [1.165, 1.54) is 61.6 Å². The Kier molecular flexibility index (Phi) is 12.1. The number of urea groups is 2. The normalized spacial score (nSPS) is 10.9. The number of nitrogens with one attached hydrogen (secondary N) is 4. The van der Waals surface area contributed by atoms with E-state index in [2.05, 4.69) is 41.7 Å². The van der Waals surface area contributed by atoms with E-state index in [-0.39, 0.29) is 22.9 Å². The van der Waals surface area contributed by atoms with Gasteiger partial charge in [-0.3, -0.25) is 29.0 Å². The Hall–Kier alpha value is -9.46. The third-order valence-corrected chi connectivity index (χ3v) is 10.2. The van der Waals surface area contributed by atoms with Gasteiger partial charge in [0, 0.05) is 62.6 Å². The standard InChI is InChI=1S/C47H40N12O8/c1-26(60)56(27(2)61)36-15-17-38-40(24-36)54-58(52-38)42-19-13-34(22-44(42)64)50-46(66)48-32-9-5-30(6-10-32)21-31-7-11-33(12-8-31)49-47(67)51-35-14-20-43(45(65)23-35)59-53-39-18-16-37(25-41(39)55-59)57(28(3)62)29(4)63/h5-20,22-25,64-65H,21H2,1-4H3,(H2,48,50,66)(H2,49,51,67). The van der Waals surface area contributed by atoms with Crippen molar-refractivity contribution in [2.45, 2.75) is 34.1 Å². The summed E-state index contributed by atoms with van der Waals surface area (Å²) in [6.45, 7) is 5.15. The second-order valence-electron chi connectivity index (χ2n) is 15.2. The van der Waals surface area contributed by atoms with Crippen molar-refractivity contribution in [2.75, 3.05) is 31.1 Å². The molecule has 0 aliphatic heterocycles. The summed E-state index contributed by atoms with van der Waals surface area (Å²) in [6, 6.07) is 31.9. The molecule has 0 saturated carbocycles. The molecule has 0 atom stereocenters. The molecule has 67 heavy (non-hydrogen) atoms. The van der Waals surface area contributed by atoms with E-state index in [1.807, 2.05) is 24.3 Å². The van der Waals surface area contributed by atoms with Crippen LogP contribution in [0, 0.1) is 0 Å². The molecule has 20 nitrogen and oxygen atoms in total. The molecule has 0 unspecified atom stereocenters. The maximum absolute atomic E-state index is 12.8. The zero-order chi connectivity index (χ0) is 47.5. The summed E-state index contributed by atoms with van der Waals surface area (Å²) in [7, 11) is 0. The topological polar surface area (TPSA) is 259 Å². The molecular formula is C47H40N12O8. The molecule has 2 aromatic heterocycles. The van der Waals surface area contributed by atoms with Gasteiger partial charge in [-0.15, -0.1) is 30.0 Å². The molecule has 0 aliphatic rings. The van der Waals surface area contributed by atoms with Gasteiger partial charge in [-0.25, -0.2) is 9.59 Å². The minimum absolute atomic E-state index is 0.207. The quantitative estimate of drug-likeness (QED) is 0.0794. The zero-order valence-corrected chi connectivity index (χ0v) is 36.2. The predicted molar refractivity (Wildman–Crippen MR) is 250 cm³/mol. The van der Waals surface area contributed by atoms with Crippen LogP contribution in [-0.4, -0.2) is 75.9 Å². The van der Waals surface area contributed by atoms with Crippen LogP contribution in [0.25, 0.3) is 33.4 Å². The van der Waals surface area contributed by atoms with Gasteiger partial charge in [0.15, 0.2) is 0 Å². The van der Waals surface area contributed by atoms with Crippen molar-refractivity contribution in [1.82, 2.24) is 30.0 Å². The molecule has 20 heteroatoms. The SMILES string of the molecule is CC(=O)N(C(C)=O)c1ccc2nn(-c3ccc(NC(=O)Nc4ccc(Cc5ccc(NC(=O)Nc6ccc(-n7nc8ccc(N(C(C)=O)C(C)=O)cc8n7)c(O)c6)cc5)cc4)cc3O)nc2c1. The number of hydrogen-bond donors (Lipinski definition) is 6. The Morgan fingerprint density at radius 2 is 0.761 bits per heavy atom. The third-order valence-electron chi connectivity index (χ3n) is 10.2. The highest BCUT2D eigenvalue weighted by Crippen LogP contribution is 2.29. The Balaban J connectivity index is 0.816. The van der Waals surface area contributed by atoms with E-state index in [1.54, 1.807) is 72.8 Å². The Labute approximate surface area is 380 Å². The van der Waals surface area contributed by atoms with Crippen molar-refractivity contribution in [2.24, 2.45) is 0 Å². The summed E-state index contributed by atoms with van der Waals surface area (Å²) in [6.07, 6.45) is 0.574. The molecule has 6 aromatic carbocycles. The molecule has 0 spiro atoms. The van der Waals surface area contributed by atoms with Crippen LogP contribution in [0.3, 0.4) is 0 Å². The number of imide groups is 2. The number of fused-ring (bicyclic) bond motifs is 2. The van der Waals surface area contributed by atoms with Gasteiger partial charge in [0.2, 0.25) is 23.6 Å². The molecule has 0 saturated heterocycles. The monoisotopic (exact) mass is 900 g/mol. The van der Waals surface area contributed by atoms with Crippen molar-refractivity contribution < 1.29 is 39.0 Å². The number of carbonyl (C=O) groups is 6. The van der Waals surface area contributed by atoms with Gasteiger partial charge in [-0.2, -0.15) is 0 Å². The molecule has 0 radical (unpaired) electrons. The lowest BCUT2D eigenvalue weighted by atomic mass is 10.0. The Bertz CT molecular complexity index is 3030. The zero-order valence-electron chi connectivity index (χ0n) is 36.2. The van der Waals surface area contributed by atoms with Gasteiger partial charge >= 0.3 is 12.1 Å². The summed E-state index contributed by atoms with van der Waals surface area (Å²) in [4.78, 5) is 78.1. The number of benzene rings is 6. The van der Waals surface area contributed by atoms with Gasteiger partial charge in [0.25, 0.3) is 0 Å². The number of carbonyl (C=O) groups excluding carboxylic acids is 6. The first-order valence-electron chi connectivity index (χ1n) is 20.5. The Morgan fingerprint density at radius 3 is 1.10 bits per heavy atom. The van der Waals surface area contributed by atoms with E-state index in [0.717, 1.165) is 20.9 Å². The molecule has 0 fully saturated rings. The number of amides is 8. The van der Waals surface area contributed by atoms with E-state index >= 15 is 0 Å². The first-order valence-corrected chi connectivity index (χ1v) is 20.5. The van der Waals surface area contributed by atoms with Crippen LogP contribution in [0.4, 0.5) is 43.7 Å². The van der Waals surface area contributed by atoms with Crippen LogP contribution < -0.4 is 31.1 Å². The molecule has 8 aromatic rings. The van der Waals surface area contributed by atoms with Gasteiger partial charge in [-0.05, 0) is 102 Å². The molecular weight excluding hydrogens is 861 g/mol. The minimum Gasteiger partial charge on any atom is -0.506 e. The number of rotatable bonds is 10. The van der Waals surface area contributed by atoms with Crippen molar-refractivity contribution >= 4 is 91.9 Å². The van der Waals surface area contributed by atoms with Crippen LogP contribution >= 0.6 is 0 Å². The fraction of sp³-hybridized carbons (Fsp3) is 0.106. The maximum Gasteiger partial charge on any atom is 0.323 e. The highest BCUT2D eigenvalue weighted by atomic mass is 16.3. The number of nitrogens with zero attached hydrogens (tertiary/aromatic N) is 8. The van der Waals surface area contributed by atoms with Gasteiger partial charge in [0.05, 0.1) is 11.4 Å². The Morgan fingerprint density at radius 1 is 0.433 bits per heavy atom. The number of phenols is 2. The van der Waals surface area contributed by atoms with Crippen LogP contribution in [0.2, 0.25) is 0 Å². The first kappa shape index (κ1) is 44.2. The van der Waals surface area contributed by atoms with Crippen LogP contribution in [0.1, 0.15) is 38.8 Å². The summed E-state index contributed by atoms with van der Waals surface area (Å²) in [5.41, 5.74) is 6.51. The summed E-state index contributed by atoms with van der Waals surface area (Å²) < 4.78 is 0. The molecule has 336 valence electrons. The largest absolute Gasteiger partial charge is 0.506 e. The molecule has 8 amide bonds. The smallest absolute Gasteiger partial charge is 0.323 e. The lowest BCUT2D eigenvalue weighted by Crippen LogP contribution is -2.32. The fourth-order valence-electron chi connectivity index (χ4n) is 7.25. The lowest BCUT2D eigenvalue weighted by molar-refractivity contribution is -0.125. The van der Waals surface area contributed by atoms with E-state index in [9.17, 15) is 39.0 Å². The maximum atomic E-state index is 12.8. The fourth-order valence-corrected chi connectivity index (χ4v) is 7.25. The number of aromatic nitrogens is 6. The van der Waals surface area contributed by atoms with Gasteiger partial charge in [-0.1, -0.05) is 24.3 Å². The second-order valence-corrected chi connectivity index (χ2v) is 15.2. The van der Waals surface area contributed by atoms with E-state index < -0.39 is 35.7 Å². The van der Waals surface area contributed by atoms with Crippen LogP contribution in [0.5, 0.6) is 11.5 Å². The predicted octanol–water partition coefficient (Wildman–Crippen LogP) is 7.24. The minimum atomic E-state index is -0.538. The molecule has 8 rings (SSSR count). The van der Waals surface area contributed by atoms with Gasteiger partial charge < -0.3 is 31.5 Å². The van der Waals surface area contributed by atoms with Crippen molar-refractivity contribution in [3.05, 3.63) is 132 Å². The average Bonchev–Trinajstić information content (AvgIpc) is 3.88. The number of hydrogen-bond acceptors (Lipinski definition) is 12. The van der Waals surface area contributed by atoms with Crippen molar-refractivity contribution in [1.29, 1.82) is 0 Å². The van der Waals surface area contributed by atoms with E-state index in [4.69, 9.17) is 0 Å². The number of anilines is 6. The summed E-state index contributed by atoms with van der Waals surface area (Å²) >= 11 is 0. The summed E-state index contributed by atoms with van der Waals surface area (Å²) in [5.74, 6) is -2.18. The molecule has 2 heterocycles. The molecule has 0 aliphatic carbocycles. The first-order chi connectivity index (χ1) is 32.1. The number of aromatic hydroxyl groups is 2. The van der Waals surface area contributed by atoms with Crippen LogP contribution in [-0.2, 0) is 25.6 Å². The van der Waals surface area contributed by atoms with E-state index in [0.29, 0.717) is 62.6 Å². The average molecular weight is 901 g/mol. The second kappa shape index (κ2) is 18.3. The third kappa shape index (κ3) is 9.87. The highest BCUT2D eigenvalue weighted by molar-refractivity contribution is 6.14. The molecule has 0 bridgehead atoms. The van der Waals surface area contributed by atoms with Crippen molar-refractivity contribution in [3.8, 4) is 22.9 Å². The van der Waals surface area contributed by atoms with Gasteiger partial charge in [0.1, 0.15) is 44.9 Å².